The Bertz CT molecular complexity index is 712. The maximum absolute atomic E-state index is 12.7. The monoisotopic (exact) mass is 379 g/mol. The van der Waals surface area contributed by atoms with Gasteiger partial charge in [0.25, 0.3) is 10.2 Å². The summed E-state index contributed by atoms with van der Waals surface area (Å²) < 4.78 is 28.5. The van der Waals surface area contributed by atoms with Crippen molar-refractivity contribution in [2.24, 2.45) is 5.92 Å². The second-order valence-electron chi connectivity index (χ2n) is 7.34. The van der Waals surface area contributed by atoms with Crippen LogP contribution in [0.15, 0.2) is 24.3 Å². The molecule has 7 heteroatoms. The molecule has 1 amide bonds. The zero-order valence-electron chi connectivity index (χ0n) is 15.5. The van der Waals surface area contributed by atoms with Gasteiger partial charge in [-0.25, -0.2) is 0 Å². The Morgan fingerprint density at radius 1 is 1.08 bits per heavy atom. The van der Waals surface area contributed by atoms with E-state index in [-0.39, 0.29) is 11.8 Å². The van der Waals surface area contributed by atoms with E-state index in [2.05, 4.69) is 36.5 Å². The highest BCUT2D eigenvalue weighted by molar-refractivity contribution is 7.86. The Hall–Kier alpha value is -1.44. The van der Waals surface area contributed by atoms with Crippen LogP contribution in [0.3, 0.4) is 0 Å². The third kappa shape index (κ3) is 4.64. The fourth-order valence-electron chi connectivity index (χ4n) is 3.68. The van der Waals surface area contributed by atoms with Crippen molar-refractivity contribution in [1.82, 2.24) is 13.9 Å². The second-order valence-corrected chi connectivity index (χ2v) is 9.27. The van der Waals surface area contributed by atoms with Gasteiger partial charge in [-0.05, 0) is 44.6 Å². The van der Waals surface area contributed by atoms with Crippen molar-refractivity contribution in [3.05, 3.63) is 35.4 Å². The molecule has 1 N–H and O–H groups in total. The van der Waals surface area contributed by atoms with Gasteiger partial charge in [0.05, 0.1) is 5.92 Å². The van der Waals surface area contributed by atoms with Crippen LogP contribution in [0.2, 0.25) is 0 Å². The van der Waals surface area contributed by atoms with Crippen LogP contribution < -0.4 is 5.32 Å². The molecule has 0 unspecified atom stereocenters. The predicted octanol–water partition coefficient (Wildman–Crippen LogP) is 1.71. The number of nitrogens with one attached hydrogen (secondary N) is 1. The molecule has 2 aliphatic rings. The SMILES string of the molecule is Cc1ccc(CCNC(=O)[C@H]2CCCN(S(=O)(=O)N3CCCC3)C2)cc1. The lowest BCUT2D eigenvalue weighted by Gasteiger charge is -2.33. The predicted molar refractivity (Wildman–Crippen MR) is 102 cm³/mol. The summed E-state index contributed by atoms with van der Waals surface area (Å²) in [5.41, 5.74) is 2.41. The number of nitrogens with zero attached hydrogens (tertiary/aromatic N) is 2. The fourth-order valence-corrected chi connectivity index (χ4v) is 5.45. The van der Waals surface area contributed by atoms with Crippen LogP contribution >= 0.6 is 0 Å². The Labute approximate surface area is 156 Å². The summed E-state index contributed by atoms with van der Waals surface area (Å²) in [6, 6.07) is 8.29. The third-order valence-corrected chi connectivity index (χ3v) is 7.31. The quantitative estimate of drug-likeness (QED) is 0.818. The maximum Gasteiger partial charge on any atom is 0.281 e. The molecule has 2 heterocycles. The molecular weight excluding hydrogens is 350 g/mol. The van der Waals surface area contributed by atoms with Crippen molar-refractivity contribution in [1.29, 1.82) is 0 Å². The Balaban J connectivity index is 1.50. The van der Waals surface area contributed by atoms with Crippen LogP contribution in [0.5, 0.6) is 0 Å². The Morgan fingerprint density at radius 2 is 1.73 bits per heavy atom. The molecular formula is C19H29N3O3S. The number of aryl methyl sites for hydroxylation is 1. The molecule has 0 bridgehead atoms. The number of benzene rings is 1. The number of rotatable bonds is 6. The molecule has 6 nitrogen and oxygen atoms in total. The highest BCUT2D eigenvalue weighted by atomic mass is 32.2. The molecule has 0 aromatic heterocycles. The summed E-state index contributed by atoms with van der Waals surface area (Å²) in [7, 11) is -3.41. The van der Waals surface area contributed by atoms with E-state index in [1.165, 1.54) is 15.4 Å². The summed E-state index contributed by atoms with van der Waals surface area (Å²) in [4.78, 5) is 12.5. The number of carbonyl (C=O) groups is 1. The average molecular weight is 380 g/mol. The number of carbonyl (C=O) groups excluding carboxylic acids is 1. The molecule has 0 spiro atoms. The maximum atomic E-state index is 12.7. The fraction of sp³-hybridized carbons (Fsp3) is 0.632. The molecule has 2 aliphatic heterocycles. The normalized spacial score (nSPS) is 22.4. The number of piperidine rings is 1. The van der Waals surface area contributed by atoms with Gasteiger partial charge in [0.15, 0.2) is 0 Å². The first-order chi connectivity index (χ1) is 12.5. The molecule has 0 saturated carbocycles. The topological polar surface area (TPSA) is 69.7 Å². The first-order valence-electron chi connectivity index (χ1n) is 9.55. The van der Waals surface area contributed by atoms with E-state index in [4.69, 9.17) is 0 Å². The highest BCUT2D eigenvalue weighted by Gasteiger charge is 2.36. The van der Waals surface area contributed by atoms with Gasteiger partial charge < -0.3 is 5.32 Å². The van der Waals surface area contributed by atoms with Crippen molar-refractivity contribution in [3.63, 3.8) is 0 Å². The lowest BCUT2D eigenvalue weighted by molar-refractivity contribution is -0.126. The van der Waals surface area contributed by atoms with Crippen molar-refractivity contribution in [2.75, 3.05) is 32.7 Å². The molecule has 0 radical (unpaired) electrons. The van der Waals surface area contributed by atoms with Crippen LogP contribution in [0.1, 0.15) is 36.8 Å². The lowest BCUT2D eigenvalue weighted by atomic mass is 9.98. The van der Waals surface area contributed by atoms with Crippen molar-refractivity contribution in [2.45, 2.75) is 39.0 Å². The third-order valence-electron chi connectivity index (χ3n) is 5.31. The molecule has 1 aromatic rings. The van der Waals surface area contributed by atoms with E-state index < -0.39 is 10.2 Å². The van der Waals surface area contributed by atoms with Gasteiger partial charge in [0.1, 0.15) is 0 Å². The van der Waals surface area contributed by atoms with Crippen LogP contribution in [0.4, 0.5) is 0 Å². The first kappa shape index (κ1) is 19.3. The van der Waals surface area contributed by atoms with E-state index in [9.17, 15) is 13.2 Å². The van der Waals surface area contributed by atoms with E-state index in [0.717, 1.165) is 32.1 Å². The zero-order chi connectivity index (χ0) is 18.6. The molecule has 144 valence electrons. The standard InChI is InChI=1S/C19H29N3O3S/c1-16-6-8-17(9-7-16)10-11-20-19(23)18-5-4-14-22(15-18)26(24,25)21-12-2-3-13-21/h6-9,18H,2-5,10-15H2,1H3,(H,20,23)/t18-/m0/s1. The molecule has 3 rings (SSSR count). The van der Waals surface area contributed by atoms with Crippen molar-refractivity contribution >= 4 is 16.1 Å². The molecule has 26 heavy (non-hydrogen) atoms. The van der Waals surface area contributed by atoms with Crippen molar-refractivity contribution < 1.29 is 13.2 Å². The minimum atomic E-state index is -3.41. The molecule has 2 saturated heterocycles. The summed E-state index contributed by atoms with van der Waals surface area (Å²) >= 11 is 0. The van der Waals surface area contributed by atoms with Gasteiger partial charge in [-0.3, -0.25) is 4.79 Å². The molecule has 0 aliphatic carbocycles. The Kier molecular flexibility index (Phi) is 6.32. The highest BCUT2D eigenvalue weighted by Crippen LogP contribution is 2.23. The van der Waals surface area contributed by atoms with Gasteiger partial charge in [-0.15, -0.1) is 0 Å². The summed E-state index contributed by atoms with van der Waals surface area (Å²) in [6.07, 6.45) is 4.13. The number of amides is 1. The summed E-state index contributed by atoms with van der Waals surface area (Å²) in [5.74, 6) is -0.280. The van der Waals surface area contributed by atoms with Gasteiger partial charge in [-0.1, -0.05) is 29.8 Å². The van der Waals surface area contributed by atoms with Gasteiger partial charge >= 0.3 is 0 Å². The van der Waals surface area contributed by atoms with Gasteiger partial charge in [-0.2, -0.15) is 17.0 Å². The van der Waals surface area contributed by atoms with E-state index in [0.29, 0.717) is 32.7 Å². The van der Waals surface area contributed by atoms with Crippen LogP contribution in [-0.2, 0) is 21.4 Å². The number of hydrogen-bond acceptors (Lipinski definition) is 3. The van der Waals surface area contributed by atoms with E-state index in [1.807, 2.05) is 0 Å². The first-order valence-corrected chi connectivity index (χ1v) is 10.9. The average Bonchev–Trinajstić information content (AvgIpc) is 3.19. The summed E-state index contributed by atoms with van der Waals surface area (Å²) in [5, 5.41) is 2.98. The Morgan fingerprint density at radius 3 is 2.42 bits per heavy atom. The molecule has 2 fully saturated rings. The molecule has 1 aromatic carbocycles. The number of hydrogen-bond donors (Lipinski definition) is 1. The van der Waals surface area contributed by atoms with Gasteiger partial charge in [0.2, 0.25) is 5.91 Å². The van der Waals surface area contributed by atoms with Crippen molar-refractivity contribution in [3.8, 4) is 0 Å². The van der Waals surface area contributed by atoms with Crippen LogP contribution in [0, 0.1) is 12.8 Å². The van der Waals surface area contributed by atoms with E-state index >= 15 is 0 Å². The zero-order valence-corrected chi connectivity index (χ0v) is 16.3. The summed E-state index contributed by atoms with van der Waals surface area (Å²) in [6.45, 7) is 4.66. The van der Waals surface area contributed by atoms with Crippen LogP contribution in [0.25, 0.3) is 0 Å². The minimum Gasteiger partial charge on any atom is -0.355 e. The lowest BCUT2D eigenvalue weighted by Crippen LogP contribution is -2.50. The van der Waals surface area contributed by atoms with E-state index in [1.54, 1.807) is 4.31 Å². The minimum absolute atomic E-state index is 0.0292. The van der Waals surface area contributed by atoms with Gasteiger partial charge in [0, 0.05) is 32.7 Å². The molecule has 1 atom stereocenters. The smallest absolute Gasteiger partial charge is 0.281 e. The van der Waals surface area contributed by atoms with Crippen LogP contribution in [-0.4, -0.2) is 55.7 Å². The largest absolute Gasteiger partial charge is 0.355 e. The second kappa shape index (κ2) is 8.50.